The number of nitrogens with one attached hydrogen (secondary N) is 1. The number of ether oxygens (including phenoxy) is 1. The topological polar surface area (TPSA) is 71.5 Å². The number of carbonyl (C=O) groups is 1. The van der Waals surface area contributed by atoms with Gasteiger partial charge in [-0.3, -0.25) is 4.79 Å². The molecule has 2 N–H and O–H groups in total. The quantitative estimate of drug-likeness (QED) is 0.839. The summed E-state index contributed by atoms with van der Waals surface area (Å²) in [5.74, 6) is -0.781. The number of thiazole rings is 1. The van der Waals surface area contributed by atoms with Crippen LogP contribution in [-0.4, -0.2) is 35.3 Å². The highest BCUT2D eigenvalue weighted by molar-refractivity contribution is 7.13. The van der Waals surface area contributed by atoms with Crippen molar-refractivity contribution in [2.75, 3.05) is 18.5 Å². The van der Waals surface area contributed by atoms with Crippen LogP contribution in [0.15, 0.2) is 5.38 Å². The molecule has 17 heavy (non-hydrogen) atoms. The molecule has 0 unspecified atom stereocenters. The number of aliphatic carboxylic acids is 1. The van der Waals surface area contributed by atoms with Crippen LogP contribution < -0.4 is 5.32 Å². The average molecular weight is 256 g/mol. The van der Waals surface area contributed by atoms with Crippen LogP contribution in [0, 0.1) is 0 Å². The first kappa shape index (κ1) is 12.3. The third kappa shape index (κ3) is 3.98. The van der Waals surface area contributed by atoms with Gasteiger partial charge in [-0.05, 0) is 12.8 Å². The number of rotatable bonds is 5. The molecule has 6 heteroatoms. The summed E-state index contributed by atoms with van der Waals surface area (Å²) in [5, 5.41) is 14.8. The van der Waals surface area contributed by atoms with Gasteiger partial charge in [-0.1, -0.05) is 0 Å². The second-order valence-electron chi connectivity index (χ2n) is 4.07. The number of anilines is 1. The van der Waals surface area contributed by atoms with Crippen LogP contribution in [0.2, 0.25) is 0 Å². The Labute approximate surface area is 104 Å². The molecule has 0 spiro atoms. The number of aromatic nitrogens is 1. The summed E-state index contributed by atoms with van der Waals surface area (Å²) in [4.78, 5) is 14.8. The maximum Gasteiger partial charge on any atom is 0.303 e. The van der Waals surface area contributed by atoms with Gasteiger partial charge in [-0.25, -0.2) is 4.98 Å². The molecule has 1 aromatic rings. The smallest absolute Gasteiger partial charge is 0.303 e. The second-order valence-corrected chi connectivity index (χ2v) is 4.93. The Kier molecular flexibility index (Phi) is 4.33. The van der Waals surface area contributed by atoms with E-state index in [1.165, 1.54) is 11.3 Å². The first-order chi connectivity index (χ1) is 8.24. The number of carboxylic acids is 1. The van der Waals surface area contributed by atoms with Gasteiger partial charge in [0, 0.05) is 31.1 Å². The molecule has 0 aromatic carbocycles. The molecule has 0 amide bonds. The third-order valence-electron chi connectivity index (χ3n) is 2.70. The van der Waals surface area contributed by atoms with Crippen LogP contribution in [0.1, 0.15) is 25.0 Å². The fourth-order valence-corrected chi connectivity index (χ4v) is 2.56. The Morgan fingerprint density at radius 3 is 3.06 bits per heavy atom. The van der Waals surface area contributed by atoms with E-state index >= 15 is 0 Å². The van der Waals surface area contributed by atoms with E-state index in [1.807, 2.05) is 5.38 Å². The highest BCUT2D eigenvalue weighted by Gasteiger charge is 2.14. The molecule has 0 aliphatic carbocycles. The number of hydrogen-bond donors (Lipinski definition) is 2. The van der Waals surface area contributed by atoms with E-state index in [0.29, 0.717) is 12.5 Å². The molecule has 2 rings (SSSR count). The monoisotopic (exact) mass is 256 g/mol. The van der Waals surface area contributed by atoms with Gasteiger partial charge in [0.05, 0.1) is 12.1 Å². The molecule has 1 aromatic heterocycles. The zero-order valence-electron chi connectivity index (χ0n) is 9.52. The minimum Gasteiger partial charge on any atom is -0.481 e. The Morgan fingerprint density at radius 2 is 2.35 bits per heavy atom. The number of hydrogen-bond acceptors (Lipinski definition) is 5. The van der Waals surface area contributed by atoms with Gasteiger partial charge in [0.1, 0.15) is 0 Å². The minimum absolute atomic E-state index is 0.139. The predicted molar refractivity (Wildman–Crippen MR) is 65.5 cm³/mol. The molecular formula is C11H16N2O3S. The number of carboxylic acid groups (broad SMARTS) is 1. The second kappa shape index (κ2) is 5.97. The Balaban J connectivity index is 1.82. The zero-order chi connectivity index (χ0) is 12.1. The lowest BCUT2D eigenvalue weighted by atomic mass is 10.1. The molecule has 1 saturated heterocycles. The average Bonchev–Trinajstić information content (AvgIpc) is 2.75. The number of nitrogens with zero attached hydrogens (tertiary/aromatic N) is 1. The van der Waals surface area contributed by atoms with Crippen LogP contribution in [0.3, 0.4) is 0 Å². The SMILES string of the molecule is O=C(O)CCc1csc(NC2CCOCC2)n1. The lowest BCUT2D eigenvalue weighted by Crippen LogP contribution is -2.27. The van der Waals surface area contributed by atoms with Crippen molar-refractivity contribution >= 4 is 22.4 Å². The van der Waals surface area contributed by atoms with Crippen molar-refractivity contribution in [2.24, 2.45) is 0 Å². The van der Waals surface area contributed by atoms with Crippen LogP contribution in [-0.2, 0) is 16.0 Å². The fraction of sp³-hybridized carbons (Fsp3) is 0.636. The van der Waals surface area contributed by atoms with Crippen molar-refractivity contribution in [3.05, 3.63) is 11.1 Å². The van der Waals surface area contributed by atoms with Crippen molar-refractivity contribution in [3.8, 4) is 0 Å². The zero-order valence-corrected chi connectivity index (χ0v) is 10.3. The summed E-state index contributed by atoms with van der Waals surface area (Å²) < 4.78 is 5.29. The molecule has 5 nitrogen and oxygen atoms in total. The summed E-state index contributed by atoms with van der Waals surface area (Å²) in [6.45, 7) is 1.60. The van der Waals surface area contributed by atoms with Crippen molar-refractivity contribution in [3.63, 3.8) is 0 Å². The Morgan fingerprint density at radius 1 is 1.59 bits per heavy atom. The van der Waals surface area contributed by atoms with E-state index in [2.05, 4.69) is 10.3 Å². The Hall–Kier alpha value is -1.14. The summed E-state index contributed by atoms with van der Waals surface area (Å²) in [6, 6.07) is 0.433. The highest BCUT2D eigenvalue weighted by Crippen LogP contribution is 2.20. The molecule has 0 saturated carbocycles. The summed E-state index contributed by atoms with van der Waals surface area (Å²) >= 11 is 1.54. The molecule has 0 atom stereocenters. The first-order valence-electron chi connectivity index (χ1n) is 5.74. The normalized spacial score (nSPS) is 16.9. The van der Waals surface area contributed by atoms with Gasteiger partial charge >= 0.3 is 5.97 Å². The van der Waals surface area contributed by atoms with Crippen molar-refractivity contribution < 1.29 is 14.6 Å². The minimum atomic E-state index is -0.781. The number of aryl methyl sites for hydroxylation is 1. The van der Waals surface area contributed by atoms with Gasteiger partial charge in [0.15, 0.2) is 5.13 Å². The van der Waals surface area contributed by atoms with Gasteiger partial charge in [-0.15, -0.1) is 11.3 Å². The van der Waals surface area contributed by atoms with E-state index in [1.54, 1.807) is 0 Å². The lowest BCUT2D eigenvalue weighted by molar-refractivity contribution is -0.136. The van der Waals surface area contributed by atoms with Crippen molar-refractivity contribution in [2.45, 2.75) is 31.7 Å². The first-order valence-corrected chi connectivity index (χ1v) is 6.62. The fourth-order valence-electron chi connectivity index (χ4n) is 1.74. The molecule has 0 bridgehead atoms. The standard InChI is InChI=1S/C11H16N2O3S/c14-10(15)2-1-9-7-17-11(13-9)12-8-3-5-16-6-4-8/h7-8H,1-6H2,(H,12,13)(H,14,15). The maximum atomic E-state index is 10.4. The molecule has 1 aliphatic heterocycles. The van der Waals surface area contributed by atoms with Gasteiger partial charge in [0.25, 0.3) is 0 Å². The van der Waals surface area contributed by atoms with Crippen LogP contribution >= 0.6 is 11.3 Å². The predicted octanol–water partition coefficient (Wildman–Crippen LogP) is 1.75. The van der Waals surface area contributed by atoms with Gasteiger partial charge in [-0.2, -0.15) is 0 Å². The van der Waals surface area contributed by atoms with Crippen LogP contribution in [0.4, 0.5) is 5.13 Å². The summed E-state index contributed by atoms with van der Waals surface area (Å²) in [7, 11) is 0. The van der Waals surface area contributed by atoms with Gasteiger partial charge in [0.2, 0.25) is 0 Å². The van der Waals surface area contributed by atoms with E-state index in [4.69, 9.17) is 9.84 Å². The van der Waals surface area contributed by atoms with Crippen LogP contribution in [0.5, 0.6) is 0 Å². The molecule has 1 aliphatic rings. The summed E-state index contributed by atoms with van der Waals surface area (Å²) in [6.07, 6.45) is 2.65. The molecule has 1 fully saturated rings. The third-order valence-corrected chi connectivity index (χ3v) is 3.52. The Bertz CT molecular complexity index is 375. The van der Waals surface area contributed by atoms with E-state index < -0.39 is 5.97 Å². The maximum absolute atomic E-state index is 10.4. The molecular weight excluding hydrogens is 240 g/mol. The van der Waals surface area contributed by atoms with Crippen molar-refractivity contribution in [1.29, 1.82) is 0 Å². The summed E-state index contributed by atoms with van der Waals surface area (Å²) in [5.41, 5.74) is 0.854. The molecule has 0 radical (unpaired) electrons. The van der Waals surface area contributed by atoms with E-state index in [-0.39, 0.29) is 6.42 Å². The highest BCUT2D eigenvalue weighted by atomic mass is 32.1. The van der Waals surface area contributed by atoms with Crippen molar-refractivity contribution in [1.82, 2.24) is 4.98 Å². The van der Waals surface area contributed by atoms with Crippen LogP contribution in [0.25, 0.3) is 0 Å². The lowest BCUT2D eigenvalue weighted by Gasteiger charge is -2.22. The molecule has 94 valence electrons. The molecule has 2 heterocycles. The van der Waals surface area contributed by atoms with E-state index in [9.17, 15) is 4.79 Å². The largest absolute Gasteiger partial charge is 0.481 e. The van der Waals surface area contributed by atoms with E-state index in [0.717, 1.165) is 36.9 Å². The van der Waals surface area contributed by atoms with Gasteiger partial charge < -0.3 is 15.2 Å².